The third-order valence-corrected chi connectivity index (χ3v) is 6.73. The van der Waals surface area contributed by atoms with Crippen LogP contribution < -0.4 is 20.7 Å². The van der Waals surface area contributed by atoms with Crippen LogP contribution in [0.25, 0.3) is 6.08 Å². The number of rotatable bonds is 2. The fourth-order valence-corrected chi connectivity index (χ4v) is 4.55. The molecule has 9 nitrogen and oxygen atoms in total. The molecule has 2 unspecified atom stereocenters. The van der Waals surface area contributed by atoms with E-state index >= 15 is 0 Å². The number of para-hydroxylation sites is 1. The minimum Gasteiger partial charge on any atom is -0.492 e. The zero-order chi connectivity index (χ0) is 29.1. The first-order valence-corrected chi connectivity index (χ1v) is 13.7. The molecular formula is C31H42N4O5. The molecule has 4 rings (SSSR count). The highest BCUT2D eigenvalue weighted by atomic mass is 16.5. The molecule has 0 radical (unpaired) electrons. The first kappa shape index (κ1) is 30.8. The zero-order valence-electron chi connectivity index (χ0n) is 23.9. The van der Waals surface area contributed by atoms with Crippen molar-refractivity contribution in [3.63, 3.8) is 0 Å². The van der Waals surface area contributed by atoms with E-state index in [0.29, 0.717) is 18.9 Å². The SMILES string of the molecule is CN1C(=O)C(C2CC2)NCCOc2ccccc2/C=C/CNC(=O)CNC(=O)C1C(C)(C)O.Cc1ccccc1. The molecule has 1 fully saturated rings. The van der Waals surface area contributed by atoms with Crippen molar-refractivity contribution >= 4 is 23.8 Å². The van der Waals surface area contributed by atoms with Crippen molar-refractivity contribution in [1.29, 1.82) is 0 Å². The van der Waals surface area contributed by atoms with E-state index < -0.39 is 23.6 Å². The summed E-state index contributed by atoms with van der Waals surface area (Å²) in [7, 11) is 1.51. The maximum atomic E-state index is 13.3. The molecule has 2 aliphatic rings. The van der Waals surface area contributed by atoms with Crippen LogP contribution in [0, 0.1) is 12.8 Å². The van der Waals surface area contributed by atoms with Gasteiger partial charge in [0.15, 0.2) is 0 Å². The molecule has 2 aromatic carbocycles. The van der Waals surface area contributed by atoms with Gasteiger partial charge >= 0.3 is 0 Å². The number of amides is 3. The number of likely N-dealkylation sites (N-methyl/N-ethyl adjacent to an activating group) is 1. The van der Waals surface area contributed by atoms with Crippen LogP contribution >= 0.6 is 0 Å². The summed E-state index contributed by atoms with van der Waals surface area (Å²) in [6.45, 7) is 5.86. The number of ether oxygens (including phenoxy) is 1. The third-order valence-electron chi connectivity index (χ3n) is 6.73. The van der Waals surface area contributed by atoms with Crippen molar-refractivity contribution in [2.24, 2.45) is 5.92 Å². The standard InChI is InChI=1S/C24H34N4O5.C7H8/c1-24(2,32)21-22(30)27-15-19(29)25-12-6-8-16-7-4-5-9-18(16)33-14-13-26-20(17-10-11-17)23(31)28(21)3;1-7-5-3-2-4-6-7/h4-9,17,20-21,26,32H,10-15H2,1-3H3,(H,25,29)(H,27,30);2-6H,1H3/b8-6+;. The number of carbonyl (C=O) groups is 3. The monoisotopic (exact) mass is 550 g/mol. The summed E-state index contributed by atoms with van der Waals surface area (Å²) in [5, 5.41) is 19.2. The number of aryl methyl sites for hydroxylation is 1. The Hall–Kier alpha value is -3.69. The van der Waals surface area contributed by atoms with Crippen LogP contribution in [0.5, 0.6) is 5.75 Å². The van der Waals surface area contributed by atoms with Crippen molar-refractivity contribution in [2.45, 2.75) is 51.3 Å². The lowest BCUT2D eigenvalue weighted by Gasteiger charge is -2.37. The summed E-state index contributed by atoms with van der Waals surface area (Å²) in [6.07, 6.45) is 5.51. The molecule has 9 heteroatoms. The molecule has 40 heavy (non-hydrogen) atoms. The summed E-state index contributed by atoms with van der Waals surface area (Å²) in [4.78, 5) is 39.7. The van der Waals surface area contributed by atoms with Gasteiger partial charge in [0, 0.05) is 25.7 Å². The van der Waals surface area contributed by atoms with Gasteiger partial charge in [-0.3, -0.25) is 14.4 Å². The van der Waals surface area contributed by atoms with Crippen molar-refractivity contribution in [3.8, 4) is 5.75 Å². The van der Waals surface area contributed by atoms with Crippen LogP contribution in [0.2, 0.25) is 0 Å². The molecule has 4 N–H and O–H groups in total. The highest BCUT2D eigenvalue weighted by Crippen LogP contribution is 2.34. The van der Waals surface area contributed by atoms with E-state index in [9.17, 15) is 19.5 Å². The molecule has 0 aromatic heterocycles. The molecule has 0 spiro atoms. The van der Waals surface area contributed by atoms with E-state index in [0.717, 1.165) is 18.4 Å². The largest absolute Gasteiger partial charge is 0.492 e. The van der Waals surface area contributed by atoms with Gasteiger partial charge < -0.3 is 30.7 Å². The van der Waals surface area contributed by atoms with Crippen molar-refractivity contribution in [1.82, 2.24) is 20.9 Å². The predicted molar refractivity (Wildman–Crippen MR) is 156 cm³/mol. The average molecular weight is 551 g/mol. The summed E-state index contributed by atoms with van der Waals surface area (Å²) < 4.78 is 5.93. The average Bonchev–Trinajstić information content (AvgIpc) is 3.75. The topological polar surface area (TPSA) is 120 Å². The number of nitrogens with zero attached hydrogens (tertiary/aromatic N) is 1. The van der Waals surface area contributed by atoms with E-state index in [1.54, 1.807) is 6.08 Å². The number of hydrogen-bond donors (Lipinski definition) is 4. The van der Waals surface area contributed by atoms with Crippen molar-refractivity contribution < 1.29 is 24.2 Å². The van der Waals surface area contributed by atoms with Crippen LogP contribution in [0.15, 0.2) is 60.7 Å². The molecule has 0 saturated heterocycles. The molecule has 2 aromatic rings. The second kappa shape index (κ2) is 14.6. The second-order valence-electron chi connectivity index (χ2n) is 10.7. The predicted octanol–water partition coefficient (Wildman–Crippen LogP) is 2.29. The number of fused-ring (bicyclic) bond motifs is 1. The van der Waals surface area contributed by atoms with Crippen LogP contribution in [-0.4, -0.2) is 78.7 Å². The number of hydrogen-bond acceptors (Lipinski definition) is 6. The van der Waals surface area contributed by atoms with Gasteiger partial charge in [0.05, 0.1) is 18.2 Å². The van der Waals surface area contributed by atoms with Crippen LogP contribution in [0.3, 0.4) is 0 Å². The smallest absolute Gasteiger partial charge is 0.246 e. The first-order valence-electron chi connectivity index (χ1n) is 13.7. The van der Waals surface area contributed by atoms with Crippen LogP contribution in [0.1, 0.15) is 37.8 Å². The minimum absolute atomic E-state index is 0.178. The van der Waals surface area contributed by atoms with Gasteiger partial charge in [0.2, 0.25) is 17.7 Å². The maximum absolute atomic E-state index is 13.3. The third kappa shape index (κ3) is 9.50. The Morgan fingerprint density at radius 1 is 0.975 bits per heavy atom. The van der Waals surface area contributed by atoms with E-state index in [-0.39, 0.29) is 30.8 Å². The molecule has 1 saturated carbocycles. The van der Waals surface area contributed by atoms with Gasteiger partial charge in [0.25, 0.3) is 0 Å². The Kier molecular flexibility index (Phi) is 11.3. The summed E-state index contributed by atoms with van der Waals surface area (Å²) >= 11 is 0. The minimum atomic E-state index is -1.50. The molecule has 1 aliphatic heterocycles. The highest BCUT2D eigenvalue weighted by molar-refractivity contribution is 5.92. The molecule has 1 aliphatic carbocycles. The molecular weight excluding hydrogens is 508 g/mol. The van der Waals surface area contributed by atoms with E-state index in [2.05, 4.69) is 35.0 Å². The fraction of sp³-hybridized carbons (Fsp3) is 0.452. The lowest BCUT2D eigenvalue weighted by atomic mass is 9.95. The van der Waals surface area contributed by atoms with E-state index in [1.807, 2.05) is 48.5 Å². The second-order valence-corrected chi connectivity index (χ2v) is 10.7. The molecule has 0 bridgehead atoms. The summed E-state index contributed by atoms with van der Waals surface area (Å²) in [5.74, 6) is -0.342. The normalized spacial score (nSPS) is 22.2. The summed E-state index contributed by atoms with van der Waals surface area (Å²) in [6, 6.07) is 16.2. The lowest BCUT2D eigenvalue weighted by molar-refractivity contribution is -0.149. The Morgan fingerprint density at radius 2 is 1.65 bits per heavy atom. The molecule has 3 amide bonds. The Labute approximate surface area is 237 Å². The van der Waals surface area contributed by atoms with Crippen LogP contribution in [-0.2, 0) is 14.4 Å². The fourth-order valence-electron chi connectivity index (χ4n) is 4.55. The van der Waals surface area contributed by atoms with Gasteiger partial charge in [-0.1, -0.05) is 66.2 Å². The van der Waals surface area contributed by atoms with Crippen molar-refractivity contribution in [2.75, 3.05) is 33.3 Å². The van der Waals surface area contributed by atoms with Gasteiger partial charge in [-0.25, -0.2) is 0 Å². The van der Waals surface area contributed by atoms with Gasteiger partial charge in [-0.2, -0.15) is 0 Å². The molecule has 216 valence electrons. The van der Waals surface area contributed by atoms with Gasteiger partial charge in [0.1, 0.15) is 18.4 Å². The molecule has 1 heterocycles. The number of benzene rings is 2. The Balaban J connectivity index is 0.000000547. The zero-order valence-corrected chi connectivity index (χ0v) is 23.9. The number of carbonyl (C=O) groups excluding carboxylic acids is 3. The van der Waals surface area contributed by atoms with Crippen LogP contribution in [0.4, 0.5) is 0 Å². The Morgan fingerprint density at radius 3 is 2.27 bits per heavy atom. The highest BCUT2D eigenvalue weighted by Gasteiger charge is 2.44. The number of aliphatic hydroxyl groups is 1. The first-order chi connectivity index (χ1) is 19.1. The summed E-state index contributed by atoms with van der Waals surface area (Å²) in [5.41, 5.74) is 0.696. The van der Waals surface area contributed by atoms with E-state index in [1.165, 1.54) is 31.4 Å². The van der Waals surface area contributed by atoms with Gasteiger partial charge in [-0.05, 0) is 45.6 Å². The quantitative estimate of drug-likeness (QED) is 0.456. The molecule has 2 atom stereocenters. The van der Waals surface area contributed by atoms with Gasteiger partial charge in [-0.15, -0.1) is 0 Å². The number of nitrogens with one attached hydrogen (secondary N) is 3. The Bertz CT molecular complexity index is 1160. The van der Waals surface area contributed by atoms with Crippen molar-refractivity contribution in [3.05, 3.63) is 71.8 Å². The van der Waals surface area contributed by atoms with E-state index in [4.69, 9.17) is 4.74 Å². The lowest BCUT2D eigenvalue weighted by Crippen LogP contribution is -2.62. The maximum Gasteiger partial charge on any atom is 0.246 e.